The van der Waals surface area contributed by atoms with Gasteiger partial charge in [0.05, 0.1) is 26.4 Å². The lowest BCUT2D eigenvalue weighted by molar-refractivity contribution is -0.161. The molecule has 0 aromatic heterocycles. The fourth-order valence-corrected chi connectivity index (χ4v) is 12.8. The summed E-state index contributed by atoms with van der Waals surface area (Å²) in [5, 5.41) is 20.7. The Hall–Kier alpha value is -5.35. The van der Waals surface area contributed by atoms with Crippen LogP contribution in [0.15, 0.2) is 182 Å². The van der Waals surface area contributed by atoms with Crippen LogP contribution in [0.25, 0.3) is 0 Å². The van der Waals surface area contributed by atoms with Crippen molar-refractivity contribution in [2.75, 3.05) is 39.6 Å². The molecule has 0 radical (unpaired) electrons. The van der Waals surface area contributed by atoms with Crippen LogP contribution in [-0.2, 0) is 55.8 Å². The SMILES string of the molecule is CC/C=C\C/C=C\C/C=C\C/C=C\C/C=C\CCCCCCCCCCCCCC(=O)OCC(O)COP(=O)(O)OCC(O)COP(=O)(O)OCC(COC(=O)CCCCCCCCCCC/C=C\C/C=C\C/C=C\C/C=C\C/C=C\CC)OC(=O)CCCCCCCCC/C=C\C/C=C\C/C=C\C/C=C\C/C=C\CC. The predicted molar refractivity (Wildman–Crippen MR) is 463 cm³/mol. The summed E-state index contributed by atoms with van der Waals surface area (Å²) in [4.78, 5) is 58.9. The Morgan fingerprint density at radius 3 is 0.712 bits per heavy atom. The second-order valence-electron chi connectivity index (χ2n) is 28.2. The highest BCUT2D eigenvalue weighted by Crippen LogP contribution is 2.45. The van der Waals surface area contributed by atoms with E-state index in [0.29, 0.717) is 19.3 Å². The number of phosphoric acid groups is 2. The fraction of sp³-hybridized carbons (Fsp3) is 0.645. The number of allylic oxidation sites excluding steroid dienone is 30. The largest absolute Gasteiger partial charge is 0.472 e. The monoisotopic (exact) mass is 1590 g/mol. The number of hydrogen-bond acceptors (Lipinski definition) is 14. The highest BCUT2D eigenvalue weighted by molar-refractivity contribution is 7.47. The third kappa shape index (κ3) is 85.4. The number of unbranched alkanes of at least 4 members (excludes halogenated alkanes) is 27. The quantitative estimate of drug-likeness (QED) is 0.0146. The molecule has 0 rings (SSSR count). The number of carbonyl (C=O) groups excluding carboxylic acids is 3. The number of aliphatic hydroxyl groups is 2. The normalized spacial score (nSPS) is 14.8. The molecule has 111 heavy (non-hydrogen) atoms. The van der Waals surface area contributed by atoms with E-state index < -0.39 is 91.5 Å². The van der Waals surface area contributed by atoms with Gasteiger partial charge in [-0.1, -0.05) is 338 Å². The Morgan fingerprint density at radius 2 is 0.450 bits per heavy atom. The highest BCUT2D eigenvalue weighted by Gasteiger charge is 2.29. The van der Waals surface area contributed by atoms with E-state index in [1.54, 1.807) is 0 Å². The van der Waals surface area contributed by atoms with Crippen molar-refractivity contribution in [1.29, 1.82) is 0 Å². The summed E-state index contributed by atoms with van der Waals surface area (Å²) in [6, 6.07) is 0. The van der Waals surface area contributed by atoms with Crippen LogP contribution < -0.4 is 0 Å². The first-order valence-electron chi connectivity index (χ1n) is 43.1. The number of rotatable bonds is 80. The van der Waals surface area contributed by atoms with Crippen LogP contribution >= 0.6 is 15.6 Å². The molecule has 0 saturated heterocycles. The molecule has 0 aromatic rings. The molecule has 4 N–H and O–H groups in total. The van der Waals surface area contributed by atoms with Gasteiger partial charge in [0.25, 0.3) is 0 Å². The predicted octanol–water partition coefficient (Wildman–Crippen LogP) is 26.1. The molecule has 0 fully saturated rings. The summed E-state index contributed by atoms with van der Waals surface area (Å²) in [5.41, 5.74) is 0. The van der Waals surface area contributed by atoms with E-state index in [1.165, 1.54) is 70.6 Å². The maximum Gasteiger partial charge on any atom is 0.472 e. The van der Waals surface area contributed by atoms with Crippen molar-refractivity contribution in [2.24, 2.45) is 0 Å². The first-order chi connectivity index (χ1) is 54.2. The number of phosphoric ester groups is 2. The number of esters is 3. The van der Waals surface area contributed by atoms with Gasteiger partial charge in [-0.3, -0.25) is 32.5 Å². The molecule has 0 saturated carbocycles. The van der Waals surface area contributed by atoms with E-state index in [-0.39, 0.29) is 19.3 Å². The molecule has 0 aliphatic rings. The van der Waals surface area contributed by atoms with Crippen molar-refractivity contribution in [2.45, 2.75) is 347 Å². The number of ether oxygens (including phenoxy) is 3. The Kier molecular flexibility index (Phi) is 80.0. The zero-order valence-electron chi connectivity index (χ0n) is 69.3. The van der Waals surface area contributed by atoms with Gasteiger partial charge in [-0.15, -0.1) is 0 Å². The topological polar surface area (TPSA) is 231 Å². The van der Waals surface area contributed by atoms with Crippen LogP contribution in [0, 0.1) is 0 Å². The zero-order valence-corrected chi connectivity index (χ0v) is 71.1. The van der Waals surface area contributed by atoms with E-state index in [9.17, 15) is 43.5 Å². The standard InChI is InChI=1S/C93H154O16P2/c1-4-7-10-13-16-19-22-25-28-31-34-37-40-42-43-45-48-49-52-55-58-61-64-67-70-73-76-79-91(96)103-82-88(94)83-105-110(99,100)106-84-89(95)85-107-111(101,102)108-87-90(109-93(98)81-78-75-72-69-66-63-60-57-54-51-46-39-36-33-30-27-24-21-18-15-12-9-6-3)86-104-92(97)80-77-74-71-68-65-62-59-56-53-50-47-44-41-38-35-32-29-26-23-20-17-14-11-8-5-2/h7-12,16-21,25-30,34-39,42-44,47,51,54,88-90,94-95H,4-6,13-15,22-24,31-33,40-41,45-46,48-50,52-53,55-87H2,1-3H3,(H,99,100)(H,101,102)/b10-7-,11-8-,12-9-,19-16-,20-17-,21-18-,28-25-,29-26-,30-27-,37-34-,38-35-,39-36-,43-42-,47-44-,54-51-. The highest BCUT2D eigenvalue weighted by atomic mass is 31.2. The van der Waals surface area contributed by atoms with Crippen LogP contribution in [0.1, 0.15) is 329 Å². The first kappa shape index (κ1) is 106. The summed E-state index contributed by atoms with van der Waals surface area (Å²) >= 11 is 0. The minimum Gasteiger partial charge on any atom is -0.463 e. The van der Waals surface area contributed by atoms with Crippen molar-refractivity contribution in [1.82, 2.24) is 0 Å². The maximum atomic E-state index is 13.1. The molecule has 0 aliphatic carbocycles. The van der Waals surface area contributed by atoms with Crippen molar-refractivity contribution < 1.29 is 75.8 Å². The maximum absolute atomic E-state index is 13.1. The summed E-state index contributed by atoms with van der Waals surface area (Å²) in [6.07, 6.45) is 109. The molecule has 0 amide bonds. The zero-order chi connectivity index (χ0) is 80.8. The number of aliphatic hydroxyl groups excluding tert-OH is 2. The summed E-state index contributed by atoms with van der Waals surface area (Å²) in [7, 11) is -9.82. The molecule has 5 atom stereocenters. The van der Waals surface area contributed by atoms with E-state index in [1.807, 2.05) is 0 Å². The average Bonchev–Trinajstić information content (AvgIpc) is 0.897. The van der Waals surface area contributed by atoms with E-state index in [2.05, 4.69) is 203 Å². The number of hydrogen-bond donors (Lipinski definition) is 4. The van der Waals surface area contributed by atoms with Crippen LogP contribution in [-0.4, -0.2) is 95.9 Å². The van der Waals surface area contributed by atoms with Gasteiger partial charge in [-0.2, -0.15) is 0 Å². The Labute approximate surface area is 675 Å². The van der Waals surface area contributed by atoms with Gasteiger partial charge in [0.2, 0.25) is 0 Å². The fourth-order valence-electron chi connectivity index (χ4n) is 11.2. The minimum absolute atomic E-state index is 0.0837. The molecule has 18 heteroatoms. The second-order valence-corrected chi connectivity index (χ2v) is 31.1. The van der Waals surface area contributed by atoms with Crippen LogP contribution in [0.5, 0.6) is 0 Å². The summed E-state index contributed by atoms with van der Waals surface area (Å²) in [6.45, 7) is 2.33. The average molecular weight is 1590 g/mol. The van der Waals surface area contributed by atoms with Crippen molar-refractivity contribution >= 4 is 33.6 Å². The van der Waals surface area contributed by atoms with E-state index in [0.717, 1.165) is 199 Å². The van der Waals surface area contributed by atoms with Gasteiger partial charge in [0.15, 0.2) is 6.10 Å². The first-order valence-corrected chi connectivity index (χ1v) is 46.1. The summed E-state index contributed by atoms with van der Waals surface area (Å²) in [5.74, 6) is -1.60. The molecule has 632 valence electrons. The van der Waals surface area contributed by atoms with Crippen LogP contribution in [0.3, 0.4) is 0 Å². The van der Waals surface area contributed by atoms with Crippen molar-refractivity contribution in [3.63, 3.8) is 0 Å². The minimum atomic E-state index is -4.95. The summed E-state index contributed by atoms with van der Waals surface area (Å²) < 4.78 is 61.4. The Balaban J connectivity index is 4.69. The lowest BCUT2D eigenvalue weighted by Crippen LogP contribution is -2.30. The molecule has 0 aromatic carbocycles. The Morgan fingerprint density at radius 1 is 0.252 bits per heavy atom. The second kappa shape index (κ2) is 84.1. The van der Waals surface area contributed by atoms with Gasteiger partial charge in [-0.05, 0) is 154 Å². The molecule has 0 heterocycles. The lowest BCUT2D eigenvalue weighted by atomic mass is 10.0. The number of carbonyl (C=O) groups is 3. The molecule has 5 unspecified atom stereocenters. The third-order valence-corrected chi connectivity index (χ3v) is 19.5. The van der Waals surface area contributed by atoms with E-state index >= 15 is 0 Å². The molecule has 0 bridgehead atoms. The molecular weight excluding hydrogens is 1430 g/mol. The van der Waals surface area contributed by atoms with E-state index in [4.69, 9.17) is 32.3 Å². The molecular formula is C93H154O16P2. The van der Waals surface area contributed by atoms with Gasteiger partial charge < -0.3 is 34.2 Å². The molecule has 0 spiro atoms. The van der Waals surface area contributed by atoms with Gasteiger partial charge in [0.1, 0.15) is 25.4 Å². The van der Waals surface area contributed by atoms with Crippen LogP contribution in [0.4, 0.5) is 0 Å². The van der Waals surface area contributed by atoms with Gasteiger partial charge in [-0.25, -0.2) is 9.13 Å². The van der Waals surface area contributed by atoms with Gasteiger partial charge in [0, 0.05) is 19.3 Å². The smallest absolute Gasteiger partial charge is 0.463 e. The van der Waals surface area contributed by atoms with Crippen molar-refractivity contribution in [3.05, 3.63) is 182 Å². The van der Waals surface area contributed by atoms with Gasteiger partial charge >= 0.3 is 33.6 Å². The molecule has 0 aliphatic heterocycles. The lowest BCUT2D eigenvalue weighted by Gasteiger charge is -2.21. The Bertz CT molecular complexity index is 2750. The van der Waals surface area contributed by atoms with Crippen LogP contribution in [0.2, 0.25) is 0 Å². The third-order valence-electron chi connectivity index (χ3n) is 17.6. The van der Waals surface area contributed by atoms with Crippen molar-refractivity contribution in [3.8, 4) is 0 Å². The molecule has 16 nitrogen and oxygen atoms in total.